The van der Waals surface area contributed by atoms with Crippen LogP contribution in [0.5, 0.6) is 0 Å². The van der Waals surface area contributed by atoms with Gasteiger partial charge in [0.1, 0.15) is 11.3 Å². The zero-order chi connectivity index (χ0) is 16.5. The Labute approximate surface area is 134 Å². The van der Waals surface area contributed by atoms with Crippen LogP contribution in [0.4, 0.5) is 0 Å². The maximum atomic E-state index is 12.1. The Kier molecular flexibility index (Phi) is 8.21. The first-order chi connectivity index (χ1) is 10.5. The number of hydrogen-bond acceptors (Lipinski definition) is 3. The van der Waals surface area contributed by atoms with Crippen LogP contribution in [-0.2, 0) is 9.59 Å². The highest BCUT2D eigenvalue weighted by molar-refractivity contribution is 6.21. The van der Waals surface area contributed by atoms with Gasteiger partial charge < -0.3 is 10.0 Å². The molecule has 4 nitrogen and oxygen atoms in total. The van der Waals surface area contributed by atoms with Crippen molar-refractivity contribution in [3.05, 3.63) is 11.3 Å². The van der Waals surface area contributed by atoms with Crippen molar-refractivity contribution in [3.63, 3.8) is 0 Å². The summed E-state index contributed by atoms with van der Waals surface area (Å²) >= 11 is 0. The second kappa shape index (κ2) is 9.65. The Bertz CT molecular complexity index is 415. The van der Waals surface area contributed by atoms with Crippen LogP contribution in [0.3, 0.4) is 0 Å². The molecule has 4 heteroatoms. The molecule has 0 aromatic heterocycles. The van der Waals surface area contributed by atoms with Crippen molar-refractivity contribution in [2.24, 2.45) is 0 Å². The summed E-state index contributed by atoms with van der Waals surface area (Å²) in [4.78, 5) is 25.4. The lowest BCUT2D eigenvalue weighted by Gasteiger charge is -2.14. The van der Waals surface area contributed by atoms with Crippen molar-refractivity contribution in [3.8, 4) is 0 Å². The largest absolute Gasteiger partial charge is 0.509 e. The fourth-order valence-electron chi connectivity index (χ4n) is 2.84. The molecular weight excluding hydrogens is 278 g/mol. The molecule has 22 heavy (non-hydrogen) atoms. The monoisotopic (exact) mass is 309 g/mol. The van der Waals surface area contributed by atoms with Crippen LogP contribution in [0.1, 0.15) is 78.1 Å². The van der Waals surface area contributed by atoms with E-state index in [2.05, 4.69) is 6.92 Å². The van der Waals surface area contributed by atoms with Crippen LogP contribution in [0.2, 0.25) is 0 Å². The first-order valence-corrected chi connectivity index (χ1v) is 8.74. The van der Waals surface area contributed by atoms with E-state index in [0.717, 1.165) is 19.3 Å². The smallest absolute Gasteiger partial charge is 0.261 e. The number of likely N-dealkylation sites (N-methyl/N-ethyl adjacent to an activating group) is 1. The minimum Gasteiger partial charge on any atom is -0.509 e. The molecule has 0 aromatic carbocycles. The van der Waals surface area contributed by atoms with E-state index >= 15 is 0 Å². The molecule has 0 bridgehead atoms. The van der Waals surface area contributed by atoms with Gasteiger partial charge in [0, 0.05) is 13.5 Å². The summed E-state index contributed by atoms with van der Waals surface area (Å²) in [6, 6.07) is -0.380. The molecule has 1 amide bonds. The third-order valence-electron chi connectivity index (χ3n) is 4.55. The van der Waals surface area contributed by atoms with E-state index in [-0.39, 0.29) is 29.1 Å². The minimum atomic E-state index is -0.380. The average molecular weight is 309 g/mol. The second-order valence-electron chi connectivity index (χ2n) is 6.35. The lowest BCUT2D eigenvalue weighted by atomic mass is 10.0. The van der Waals surface area contributed by atoms with Crippen LogP contribution >= 0.6 is 0 Å². The summed E-state index contributed by atoms with van der Waals surface area (Å²) in [6.45, 7) is 3.95. The molecule has 126 valence electrons. The maximum Gasteiger partial charge on any atom is 0.261 e. The molecule has 0 unspecified atom stereocenters. The lowest BCUT2D eigenvalue weighted by Crippen LogP contribution is -2.30. The fraction of sp³-hybridized carbons (Fsp3) is 0.778. The van der Waals surface area contributed by atoms with Gasteiger partial charge in [0.05, 0.1) is 6.04 Å². The van der Waals surface area contributed by atoms with Gasteiger partial charge in [-0.25, -0.2) is 0 Å². The second-order valence-corrected chi connectivity index (χ2v) is 6.35. The molecule has 0 aliphatic carbocycles. The predicted octanol–water partition coefficient (Wildman–Crippen LogP) is 4.15. The Hall–Kier alpha value is -1.32. The van der Waals surface area contributed by atoms with E-state index in [0.29, 0.717) is 6.42 Å². The first kappa shape index (κ1) is 18.7. The summed E-state index contributed by atoms with van der Waals surface area (Å²) < 4.78 is 0. The molecule has 0 radical (unpaired) electrons. The quantitative estimate of drug-likeness (QED) is 0.461. The summed E-state index contributed by atoms with van der Waals surface area (Å²) in [5.74, 6) is -0.610. The number of aliphatic hydroxyl groups excluding tert-OH is 1. The number of aliphatic hydroxyl groups is 1. The predicted molar refractivity (Wildman–Crippen MR) is 88.7 cm³/mol. The van der Waals surface area contributed by atoms with E-state index in [4.69, 9.17) is 0 Å². The number of ketones is 1. The number of carbonyl (C=O) groups excluding carboxylic acids is 2. The number of unbranched alkanes of at least 4 members (excludes halogenated alkanes) is 8. The molecule has 0 saturated heterocycles. The molecule has 0 saturated carbocycles. The topological polar surface area (TPSA) is 57.6 Å². The normalized spacial score (nSPS) is 18.4. The van der Waals surface area contributed by atoms with Gasteiger partial charge in [0.25, 0.3) is 5.91 Å². The van der Waals surface area contributed by atoms with E-state index in [9.17, 15) is 14.7 Å². The van der Waals surface area contributed by atoms with Gasteiger partial charge in [-0.05, 0) is 13.3 Å². The molecule has 1 atom stereocenters. The standard InChI is InChI=1S/C18H31NO3/c1-4-5-6-7-8-9-10-11-12-13-15(20)16-17(21)14(2)19(3)18(16)22/h14,21H,4-13H2,1-3H3/t14-/m1/s1. The van der Waals surface area contributed by atoms with E-state index in [1.165, 1.54) is 43.4 Å². The molecule has 1 aliphatic rings. The molecule has 1 N–H and O–H groups in total. The molecular formula is C18H31NO3. The third kappa shape index (κ3) is 5.15. The van der Waals surface area contributed by atoms with Crippen molar-refractivity contribution in [2.45, 2.75) is 84.1 Å². The lowest BCUT2D eigenvalue weighted by molar-refractivity contribution is -0.128. The zero-order valence-corrected chi connectivity index (χ0v) is 14.4. The molecule has 0 spiro atoms. The summed E-state index contributed by atoms with van der Waals surface area (Å²) in [7, 11) is 1.61. The van der Waals surface area contributed by atoms with Crippen molar-refractivity contribution in [2.75, 3.05) is 7.05 Å². The van der Waals surface area contributed by atoms with Gasteiger partial charge in [0.15, 0.2) is 5.78 Å². The average Bonchev–Trinajstić information content (AvgIpc) is 2.69. The van der Waals surface area contributed by atoms with Crippen molar-refractivity contribution in [1.29, 1.82) is 0 Å². The van der Waals surface area contributed by atoms with Gasteiger partial charge in [-0.2, -0.15) is 0 Å². The van der Waals surface area contributed by atoms with Crippen LogP contribution in [0, 0.1) is 0 Å². The third-order valence-corrected chi connectivity index (χ3v) is 4.55. The Morgan fingerprint density at radius 1 is 1.05 bits per heavy atom. The number of Topliss-reactive ketones (excluding diaryl/α,β-unsaturated/α-hetero) is 1. The SMILES string of the molecule is CCCCCCCCCCCC(=O)C1=C(O)[C@@H](C)N(C)C1=O. The highest BCUT2D eigenvalue weighted by Gasteiger charge is 2.37. The van der Waals surface area contributed by atoms with Crippen molar-refractivity contribution in [1.82, 2.24) is 4.90 Å². The van der Waals surface area contributed by atoms with Gasteiger partial charge in [-0.15, -0.1) is 0 Å². The molecule has 0 aromatic rings. The zero-order valence-electron chi connectivity index (χ0n) is 14.4. The highest BCUT2D eigenvalue weighted by atomic mass is 16.3. The van der Waals surface area contributed by atoms with Crippen LogP contribution in [-0.4, -0.2) is 34.8 Å². The highest BCUT2D eigenvalue weighted by Crippen LogP contribution is 2.24. The summed E-state index contributed by atoms with van der Waals surface area (Å²) in [6.07, 6.45) is 11.1. The Morgan fingerprint density at radius 2 is 1.55 bits per heavy atom. The number of rotatable bonds is 11. The Balaban J connectivity index is 2.18. The number of carbonyl (C=O) groups is 2. The Morgan fingerprint density at radius 3 is 2.00 bits per heavy atom. The van der Waals surface area contributed by atoms with Crippen LogP contribution in [0.15, 0.2) is 11.3 Å². The molecule has 1 rings (SSSR count). The van der Waals surface area contributed by atoms with Gasteiger partial charge in [0.2, 0.25) is 0 Å². The van der Waals surface area contributed by atoms with Gasteiger partial charge in [-0.3, -0.25) is 9.59 Å². The summed E-state index contributed by atoms with van der Waals surface area (Å²) in [5.41, 5.74) is 0.00886. The van der Waals surface area contributed by atoms with Crippen molar-refractivity contribution < 1.29 is 14.7 Å². The number of amides is 1. The molecule has 0 fully saturated rings. The first-order valence-electron chi connectivity index (χ1n) is 8.74. The van der Waals surface area contributed by atoms with Gasteiger partial charge in [-0.1, -0.05) is 58.3 Å². The van der Waals surface area contributed by atoms with Crippen LogP contribution in [0.25, 0.3) is 0 Å². The molecule has 1 heterocycles. The van der Waals surface area contributed by atoms with E-state index in [1.54, 1.807) is 14.0 Å². The minimum absolute atomic E-state index is 0.00886. The van der Waals surface area contributed by atoms with E-state index < -0.39 is 0 Å². The number of hydrogen-bond donors (Lipinski definition) is 1. The van der Waals surface area contributed by atoms with E-state index in [1.807, 2.05) is 0 Å². The fourth-order valence-corrected chi connectivity index (χ4v) is 2.84. The molecule has 1 aliphatic heterocycles. The summed E-state index contributed by atoms with van der Waals surface area (Å²) in [5, 5.41) is 9.91. The maximum absolute atomic E-state index is 12.1. The number of nitrogens with zero attached hydrogens (tertiary/aromatic N) is 1. The van der Waals surface area contributed by atoms with Gasteiger partial charge >= 0.3 is 0 Å². The van der Waals surface area contributed by atoms with Crippen molar-refractivity contribution >= 4 is 11.7 Å². The van der Waals surface area contributed by atoms with Crippen LogP contribution < -0.4 is 0 Å².